The molecule has 0 bridgehead atoms. The van der Waals surface area contributed by atoms with E-state index >= 15 is 0 Å². The summed E-state index contributed by atoms with van der Waals surface area (Å²) in [5.41, 5.74) is 6.29. The summed E-state index contributed by atoms with van der Waals surface area (Å²) in [6.07, 6.45) is 3.54. The molecule has 41 heavy (non-hydrogen) atoms. The summed E-state index contributed by atoms with van der Waals surface area (Å²) in [7, 11) is 0. The van der Waals surface area contributed by atoms with Crippen LogP contribution in [-0.2, 0) is 11.3 Å². The van der Waals surface area contributed by atoms with E-state index in [4.69, 9.17) is 0 Å². The fourth-order valence-corrected chi connectivity index (χ4v) is 5.34. The van der Waals surface area contributed by atoms with Crippen LogP contribution in [0.1, 0.15) is 58.6 Å². The van der Waals surface area contributed by atoms with Gasteiger partial charge in [-0.3, -0.25) is 9.59 Å². The van der Waals surface area contributed by atoms with Gasteiger partial charge in [-0.2, -0.15) is 0 Å². The molecule has 1 aliphatic rings. The Kier molecular flexibility index (Phi) is 9.61. The summed E-state index contributed by atoms with van der Waals surface area (Å²) in [5, 5.41) is 9.70. The van der Waals surface area contributed by atoms with Crippen molar-refractivity contribution in [1.82, 2.24) is 16.0 Å². The molecule has 0 heterocycles. The minimum Gasteiger partial charge on any atom is -0.350 e. The Labute approximate surface area is 243 Å². The number of aryl methyl sites for hydroxylation is 1. The number of benzene rings is 4. The quantitative estimate of drug-likeness (QED) is 0.171. The van der Waals surface area contributed by atoms with Crippen LogP contribution in [0.4, 0.5) is 0 Å². The van der Waals surface area contributed by atoms with Gasteiger partial charge >= 0.3 is 0 Å². The number of hydrogen-bond acceptors (Lipinski definition) is 3. The molecule has 3 atom stereocenters. The SMILES string of the molecule is Cc1cccc(CNC(=O)[C@H](CCCCNC2CC2c2ccccc2)NC(=O)c2ccc(-c3ccccc3)cc2)c1. The zero-order chi connectivity index (χ0) is 28.4. The predicted molar refractivity (Wildman–Crippen MR) is 166 cm³/mol. The van der Waals surface area contributed by atoms with E-state index in [9.17, 15) is 9.59 Å². The van der Waals surface area contributed by atoms with Gasteiger partial charge < -0.3 is 16.0 Å². The number of carbonyl (C=O) groups is 2. The molecule has 4 aromatic carbocycles. The van der Waals surface area contributed by atoms with E-state index in [1.165, 1.54) is 12.0 Å². The number of hydrogen-bond donors (Lipinski definition) is 3. The van der Waals surface area contributed by atoms with Crippen molar-refractivity contribution in [3.05, 3.63) is 131 Å². The van der Waals surface area contributed by atoms with Crippen LogP contribution in [0.5, 0.6) is 0 Å². The Bertz CT molecular complexity index is 1420. The molecule has 1 saturated carbocycles. The first-order chi connectivity index (χ1) is 20.1. The van der Waals surface area contributed by atoms with Gasteiger partial charge in [-0.1, -0.05) is 103 Å². The van der Waals surface area contributed by atoms with Crippen molar-refractivity contribution in [3.63, 3.8) is 0 Å². The third-order valence-electron chi connectivity index (χ3n) is 7.77. The molecule has 5 nitrogen and oxygen atoms in total. The second-order valence-electron chi connectivity index (χ2n) is 11.0. The molecular weight excluding hydrogens is 506 g/mol. The van der Waals surface area contributed by atoms with E-state index < -0.39 is 6.04 Å². The molecule has 0 saturated heterocycles. The second kappa shape index (κ2) is 13.9. The van der Waals surface area contributed by atoms with E-state index in [1.54, 1.807) is 0 Å². The van der Waals surface area contributed by atoms with Crippen molar-refractivity contribution in [2.45, 2.75) is 57.2 Å². The van der Waals surface area contributed by atoms with Crippen LogP contribution in [-0.4, -0.2) is 30.4 Å². The number of unbranched alkanes of at least 4 members (excludes halogenated alkanes) is 1. The van der Waals surface area contributed by atoms with Crippen LogP contribution in [0.2, 0.25) is 0 Å². The van der Waals surface area contributed by atoms with E-state index in [0.29, 0.717) is 30.5 Å². The van der Waals surface area contributed by atoms with Crippen molar-refractivity contribution in [3.8, 4) is 11.1 Å². The maximum absolute atomic E-state index is 13.2. The maximum Gasteiger partial charge on any atom is 0.251 e. The first-order valence-electron chi connectivity index (χ1n) is 14.6. The summed E-state index contributed by atoms with van der Waals surface area (Å²) in [5.74, 6) is 0.214. The summed E-state index contributed by atoms with van der Waals surface area (Å²) in [6, 6.07) is 36.3. The fourth-order valence-electron chi connectivity index (χ4n) is 5.34. The van der Waals surface area contributed by atoms with Crippen molar-refractivity contribution in [1.29, 1.82) is 0 Å². The number of rotatable bonds is 13. The van der Waals surface area contributed by atoms with Gasteiger partial charge in [-0.25, -0.2) is 0 Å². The molecule has 1 aliphatic carbocycles. The van der Waals surface area contributed by atoms with E-state index in [-0.39, 0.29) is 11.8 Å². The van der Waals surface area contributed by atoms with Crippen molar-refractivity contribution in [2.75, 3.05) is 6.54 Å². The van der Waals surface area contributed by atoms with Gasteiger partial charge in [0.25, 0.3) is 5.91 Å². The highest BCUT2D eigenvalue weighted by Gasteiger charge is 2.37. The predicted octanol–water partition coefficient (Wildman–Crippen LogP) is 6.39. The lowest BCUT2D eigenvalue weighted by atomic mass is 10.0. The Morgan fingerprint density at radius 3 is 2.24 bits per heavy atom. The molecular formula is C36H39N3O2. The van der Waals surface area contributed by atoms with Crippen LogP contribution >= 0.6 is 0 Å². The van der Waals surface area contributed by atoms with Gasteiger partial charge in [-0.05, 0) is 73.5 Å². The minimum absolute atomic E-state index is 0.153. The van der Waals surface area contributed by atoms with E-state index in [1.807, 2.05) is 79.7 Å². The average Bonchev–Trinajstić information content (AvgIpc) is 3.80. The molecule has 0 radical (unpaired) electrons. The lowest BCUT2D eigenvalue weighted by Crippen LogP contribution is -2.46. The Morgan fingerprint density at radius 2 is 1.51 bits per heavy atom. The highest BCUT2D eigenvalue weighted by Crippen LogP contribution is 2.40. The third kappa shape index (κ3) is 8.15. The first-order valence-corrected chi connectivity index (χ1v) is 14.6. The highest BCUT2D eigenvalue weighted by atomic mass is 16.2. The molecule has 5 rings (SSSR count). The molecule has 3 N–H and O–H groups in total. The van der Waals surface area contributed by atoms with E-state index in [2.05, 4.69) is 52.3 Å². The number of nitrogens with one attached hydrogen (secondary N) is 3. The van der Waals surface area contributed by atoms with Crippen LogP contribution in [0.15, 0.2) is 109 Å². The van der Waals surface area contributed by atoms with Gasteiger partial charge in [0.2, 0.25) is 5.91 Å². The van der Waals surface area contributed by atoms with Gasteiger partial charge in [-0.15, -0.1) is 0 Å². The number of amides is 2. The van der Waals surface area contributed by atoms with Crippen LogP contribution in [0.3, 0.4) is 0 Å². The van der Waals surface area contributed by atoms with Gasteiger partial charge in [0.1, 0.15) is 6.04 Å². The van der Waals surface area contributed by atoms with Crippen LogP contribution < -0.4 is 16.0 Å². The van der Waals surface area contributed by atoms with Gasteiger partial charge in [0.05, 0.1) is 0 Å². The lowest BCUT2D eigenvalue weighted by Gasteiger charge is -2.19. The molecule has 0 aliphatic heterocycles. The molecule has 1 fully saturated rings. The molecule has 2 unspecified atom stereocenters. The van der Waals surface area contributed by atoms with Crippen LogP contribution in [0.25, 0.3) is 11.1 Å². The van der Waals surface area contributed by atoms with Crippen molar-refractivity contribution >= 4 is 11.8 Å². The summed E-state index contributed by atoms with van der Waals surface area (Å²) in [4.78, 5) is 26.4. The maximum atomic E-state index is 13.2. The average molecular weight is 546 g/mol. The van der Waals surface area contributed by atoms with Crippen molar-refractivity contribution in [2.24, 2.45) is 0 Å². The van der Waals surface area contributed by atoms with Crippen LogP contribution in [0, 0.1) is 6.92 Å². The smallest absolute Gasteiger partial charge is 0.251 e. The molecule has 0 spiro atoms. The molecule has 2 amide bonds. The Morgan fingerprint density at radius 1 is 0.805 bits per heavy atom. The number of carbonyl (C=O) groups excluding carboxylic acids is 2. The third-order valence-corrected chi connectivity index (χ3v) is 7.77. The van der Waals surface area contributed by atoms with E-state index in [0.717, 1.165) is 41.6 Å². The minimum atomic E-state index is -0.598. The Hall–Kier alpha value is -4.22. The topological polar surface area (TPSA) is 70.2 Å². The normalized spacial score (nSPS) is 16.5. The molecule has 210 valence electrons. The lowest BCUT2D eigenvalue weighted by molar-refractivity contribution is -0.123. The summed E-state index contributed by atoms with van der Waals surface area (Å²) >= 11 is 0. The van der Waals surface area contributed by atoms with Crippen molar-refractivity contribution < 1.29 is 9.59 Å². The van der Waals surface area contributed by atoms with Gasteiger partial charge in [0.15, 0.2) is 0 Å². The van der Waals surface area contributed by atoms with Gasteiger partial charge in [0, 0.05) is 24.1 Å². The first kappa shape index (κ1) is 28.3. The highest BCUT2D eigenvalue weighted by molar-refractivity contribution is 5.97. The standard InChI is InChI=1S/C36H39N3O2/c1-26-11-10-12-27(23-26)25-38-36(41)33(17-8-9-22-37-34-24-32(34)30-15-6-3-7-16-30)39-35(40)31-20-18-29(19-21-31)28-13-4-2-5-14-28/h2-7,10-16,18-21,23,32-34,37H,8-9,17,22,24-25H2,1H3,(H,38,41)(H,39,40)/t32?,33-,34?/m0/s1. The summed E-state index contributed by atoms with van der Waals surface area (Å²) < 4.78 is 0. The zero-order valence-electron chi connectivity index (χ0n) is 23.7. The fraction of sp³-hybridized carbons (Fsp3) is 0.278. The second-order valence-corrected chi connectivity index (χ2v) is 11.0. The molecule has 0 aromatic heterocycles. The molecule has 4 aromatic rings. The Balaban J connectivity index is 1.15. The summed E-state index contributed by atoms with van der Waals surface area (Å²) in [6.45, 7) is 3.37. The zero-order valence-corrected chi connectivity index (χ0v) is 23.7. The monoisotopic (exact) mass is 545 g/mol. The largest absolute Gasteiger partial charge is 0.350 e. The molecule has 5 heteroatoms.